The summed E-state index contributed by atoms with van der Waals surface area (Å²) in [4.78, 5) is 12.7. The van der Waals surface area contributed by atoms with Gasteiger partial charge in [0.15, 0.2) is 0 Å². The van der Waals surface area contributed by atoms with Gasteiger partial charge < -0.3 is 11.5 Å². The predicted molar refractivity (Wildman–Crippen MR) is 58.8 cm³/mol. The molecule has 1 saturated heterocycles. The van der Waals surface area contributed by atoms with Crippen LogP contribution in [0.15, 0.2) is 0 Å². The van der Waals surface area contributed by atoms with Gasteiger partial charge >= 0.3 is 0 Å². The van der Waals surface area contributed by atoms with Crippen molar-refractivity contribution in [1.29, 1.82) is 0 Å². The number of nitrogens with zero attached hydrogens (tertiary/aromatic N) is 1. The molecule has 0 aromatic heterocycles. The Morgan fingerprint density at radius 1 is 1.36 bits per heavy atom. The van der Waals surface area contributed by atoms with E-state index in [4.69, 9.17) is 11.5 Å². The molecule has 0 bridgehead atoms. The van der Waals surface area contributed by atoms with Gasteiger partial charge in [0.25, 0.3) is 0 Å². The molecule has 4 nitrogen and oxygen atoms in total. The highest BCUT2D eigenvalue weighted by atomic mass is 16.1. The maximum Gasteiger partial charge on any atom is 0.231 e. The summed E-state index contributed by atoms with van der Waals surface area (Å²) in [6.07, 6.45) is 2.20. The van der Waals surface area contributed by atoms with Gasteiger partial charge in [0.05, 0.1) is 6.54 Å². The Balaban J connectivity index is 0.000000791. The van der Waals surface area contributed by atoms with Crippen molar-refractivity contribution in [2.45, 2.75) is 26.7 Å². The van der Waals surface area contributed by atoms with Crippen LogP contribution in [0, 0.1) is 5.92 Å². The smallest absolute Gasteiger partial charge is 0.231 e. The summed E-state index contributed by atoms with van der Waals surface area (Å²) < 4.78 is 0. The van der Waals surface area contributed by atoms with Gasteiger partial charge in [0.1, 0.15) is 0 Å². The lowest BCUT2D eigenvalue weighted by Gasteiger charge is -2.30. The van der Waals surface area contributed by atoms with Gasteiger partial charge in [-0.15, -0.1) is 0 Å². The fourth-order valence-electron chi connectivity index (χ4n) is 1.60. The van der Waals surface area contributed by atoms with Crippen LogP contribution in [0.25, 0.3) is 0 Å². The van der Waals surface area contributed by atoms with E-state index in [1.165, 1.54) is 0 Å². The highest BCUT2D eigenvalue weighted by molar-refractivity contribution is 5.75. The zero-order valence-electron chi connectivity index (χ0n) is 9.33. The van der Waals surface area contributed by atoms with Gasteiger partial charge in [0, 0.05) is 0 Å². The van der Waals surface area contributed by atoms with Crippen LogP contribution in [0.4, 0.5) is 0 Å². The number of primary amides is 1. The van der Waals surface area contributed by atoms with Crippen molar-refractivity contribution in [3.8, 4) is 0 Å². The lowest BCUT2D eigenvalue weighted by molar-refractivity contribution is -0.119. The van der Waals surface area contributed by atoms with Crippen LogP contribution >= 0.6 is 0 Å². The van der Waals surface area contributed by atoms with E-state index in [0.717, 1.165) is 32.5 Å². The zero-order chi connectivity index (χ0) is 11.0. The molecule has 0 saturated carbocycles. The minimum Gasteiger partial charge on any atom is -0.369 e. The quantitative estimate of drug-likeness (QED) is 0.683. The summed E-state index contributed by atoms with van der Waals surface area (Å²) in [6, 6.07) is 0. The van der Waals surface area contributed by atoms with Crippen LogP contribution in [0.2, 0.25) is 0 Å². The molecule has 1 aliphatic rings. The predicted octanol–water partition coefficient (Wildman–Crippen LogP) is 0.169. The second-order valence-corrected chi connectivity index (χ2v) is 3.42. The van der Waals surface area contributed by atoms with E-state index in [1.807, 2.05) is 13.8 Å². The molecule has 4 N–H and O–H groups in total. The Morgan fingerprint density at radius 2 is 1.86 bits per heavy atom. The monoisotopic (exact) mass is 201 g/mol. The van der Waals surface area contributed by atoms with E-state index in [-0.39, 0.29) is 5.91 Å². The number of rotatable bonds is 3. The molecule has 0 radical (unpaired) electrons. The molecule has 4 heteroatoms. The minimum absolute atomic E-state index is 0.235. The molecule has 0 atom stereocenters. The largest absolute Gasteiger partial charge is 0.369 e. The summed E-state index contributed by atoms with van der Waals surface area (Å²) in [6.45, 7) is 7.09. The molecule has 1 amide bonds. The van der Waals surface area contributed by atoms with E-state index < -0.39 is 0 Å². The molecule has 0 spiro atoms. The second-order valence-electron chi connectivity index (χ2n) is 3.42. The highest BCUT2D eigenvalue weighted by Gasteiger charge is 2.18. The standard InChI is InChI=1S/C8H17N3O.C2H6/c9-5-7-1-3-11(4-2-7)6-8(10)12;1-2/h7H,1-6,9H2,(H2,10,12);1-2H3. The van der Waals surface area contributed by atoms with Crippen molar-refractivity contribution in [3.63, 3.8) is 0 Å². The van der Waals surface area contributed by atoms with Gasteiger partial charge in [-0.05, 0) is 38.4 Å². The van der Waals surface area contributed by atoms with E-state index >= 15 is 0 Å². The molecule has 84 valence electrons. The molecule has 0 unspecified atom stereocenters. The lowest BCUT2D eigenvalue weighted by Crippen LogP contribution is -2.40. The highest BCUT2D eigenvalue weighted by Crippen LogP contribution is 2.14. The Morgan fingerprint density at radius 3 is 2.21 bits per heavy atom. The number of carbonyl (C=O) groups is 1. The summed E-state index contributed by atoms with van der Waals surface area (Å²) in [5.74, 6) is 0.412. The molecule has 14 heavy (non-hydrogen) atoms. The third-order valence-electron chi connectivity index (χ3n) is 2.42. The van der Waals surface area contributed by atoms with Crippen molar-refractivity contribution >= 4 is 5.91 Å². The van der Waals surface area contributed by atoms with Crippen LogP contribution in [0.3, 0.4) is 0 Å². The molecule has 1 aliphatic heterocycles. The van der Waals surface area contributed by atoms with Gasteiger partial charge in [-0.1, -0.05) is 13.8 Å². The van der Waals surface area contributed by atoms with Gasteiger partial charge in [-0.2, -0.15) is 0 Å². The summed E-state index contributed by atoms with van der Waals surface area (Å²) in [5.41, 5.74) is 10.6. The third kappa shape index (κ3) is 5.19. The first kappa shape index (κ1) is 13.4. The number of carbonyl (C=O) groups excluding carboxylic acids is 1. The van der Waals surface area contributed by atoms with Crippen LogP contribution < -0.4 is 11.5 Å². The van der Waals surface area contributed by atoms with Gasteiger partial charge in [0.2, 0.25) is 5.91 Å². The maximum atomic E-state index is 10.6. The van der Waals surface area contributed by atoms with Crippen molar-refractivity contribution < 1.29 is 4.79 Å². The molecule has 1 rings (SSSR count). The summed E-state index contributed by atoms with van der Waals surface area (Å²) >= 11 is 0. The van der Waals surface area contributed by atoms with Crippen LogP contribution in [0.1, 0.15) is 26.7 Å². The SMILES string of the molecule is CC.NCC1CCN(CC(N)=O)CC1. The second kappa shape index (κ2) is 7.76. The number of likely N-dealkylation sites (tertiary alicyclic amines) is 1. The zero-order valence-corrected chi connectivity index (χ0v) is 9.33. The number of nitrogens with two attached hydrogens (primary N) is 2. The maximum absolute atomic E-state index is 10.6. The van der Waals surface area contributed by atoms with Crippen molar-refractivity contribution in [3.05, 3.63) is 0 Å². The van der Waals surface area contributed by atoms with E-state index in [1.54, 1.807) is 0 Å². The van der Waals surface area contributed by atoms with E-state index in [2.05, 4.69) is 4.90 Å². The number of amides is 1. The Labute approximate surface area is 86.6 Å². The van der Waals surface area contributed by atoms with Crippen molar-refractivity contribution in [2.24, 2.45) is 17.4 Å². The van der Waals surface area contributed by atoms with Gasteiger partial charge in [-0.3, -0.25) is 9.69 Å². The summed E-state index contributed by atoms with van der Waals surface area (Å²) in [5, 5.41) is 0. The molecule has 0 aromatic carbocycles. The third-order valence-corrected chi connectivity index (χ3v) is 2.42. The fourth-order valence-corrected chi connectivity index (χ4v) is 1.60. The van der Waals surface area contributed by atoms with Crippen LogP contribution in [-0.4, -0.2) is 37.0 Å². The topological polar surface area (TPSA) is 72.3 Å². The Kier molecular flexibility index (Phi) is 7.42. The normalized spacial score (nSPS) is 18.5. The fraction of sp³-hybridized carbons (Fsp3) is 0.900. The molecule has 1 heterocycles. The lowest BCUT2D eigenvalue weighted by atomic mass is 9.97. The number of hydrogen-bond donors (Lipinski definition) is 2. The van der Waals surface area contributed by atoms with Crippen LogP contribution in [0.5, 0.6) is 0 Å². The van der Waals surface area contributed by atoms with Crippen molar-refractivity contribution in [2.75, 3.05) is 26.2 Å². The number of piperidine rings is 1. The van der Waals surface area contributed by atoms with Gasteiger partial charge in [-0.25, -0.2) is 0 Å². The minimum atomic E-state index is -0.235. The van der Waals surface area contributed by atoms with Crippen molar-refractivity contribution in [1.82, 2.24) is 4.90 Å². The molecule has 1 fully saturated rings. The average Bonchev–Trinajstić information content (AvgIpc) is 2.21. The first-order valence-corrected chi connectivity index (χ1v) is 5.43. The molecular weight excluding hydrogens is 178 g/mol. The molecule has 0 aliphatic carbocycles. The summed E-state index contributed by atoms with van der Waals surface area (Å²) in [7, 11) is 0. The van der Waals surface area contributed by atoms with E-state index in [0.29, 0.717) is 12.5 Å². The Bertz CT molecular complexity index is 153. The molecule has 0 aromatic rings. The number of hydrogen-bond acceptors (Lipinski definition) is 3. The first-order chi connectivity index (χ1) is 6.72. The van der Waals surface area contributed by atoms with Crippen LogP contribution in [-0.2, 0) is 4.79 Å². The first-order valence-electron chi connectivity index (χ1n) is 5.43. The molecular formula is C10H23N3O. The average molecular weight is 201 g/mol. The Hall–Kier alpha value is -0.610. The van der Waals surface area contributed by atoms with E-state index in [9.17, 15) is 4.79 Å².